The Labute approximate surface area is 184 Å². The predicted molar refractivity (Wildman–Crippen MR) is 120 cm³/mol. The van der Waals surface area contributed by atoms with Crippen LogP contribution >= 0.6 is 11.6 Å². The fraction of sp³-hybridized carbons (Fsp3) is 0.652. The molecule has 2 saturated heterocycles. The molecule has 2 aliphatic heterocycles. The van der Waals surface area contributed by atoms with Gasteiger partial charge in [0.15, 0.2) is 0 Å². The van der Waals surface area contributed by atoms with Crippen molar-refractivity contribution in [2.45, 2.75) is 51.5 Å². The fourth-order valence-corrected chi connectivity index (χ4v) is 4.95. The molecule has 30 heavy (non-hydrogen) atoms. The monoisotopic (exact) mass is 432 g/mol. The van der Waals surface area contributed by atoms with Crippen LogP contribution in [0.3, 0.4) is 0 Å². The molecule has 6 nitrogen and oxygen atoms in total. The van der Waals surface area contributed by atoms with Crippen LogP contribution in [-0.4, -0.2) is 71.9 Å². The molecular formula is C23H33ClN4O2. The lowest BCUT2D eigenvalue weighted by molar-refractivity contribution is -0.139. The van der Waals surface area contributed by atoms with Crippen molar-refractivity contribution in [2.24, 2.45) is 5.41 Å². The molecule has 3 fully saturated rings. The number of hydrogen-bond acceptors (Lipinski definition) is 3. The van der Waals surface area contributed by atoms with Crippen molar-refractivity contribution in [2.75, 3.05) is 44.6 Å². The molecule has 7 heteroatoms. The second kappa shape index (κ2) is 9.15. The lowest BCUT2D eigenvalue weighted by Gasteiger charge is -2.39. The summed E-state index contributed by atoms with van der Waals surface area (Å²) >= 11 is 5.98. The predicted octanol–water partition coefficient (Wildman–Crippen LogP) is 4.06. The summed E-state index contributed by atoms with van der Waals surface area (Å²) in [5, 5.41) is 3.41. The normalized spacial score (nSPS) is 23.7. The number of halogens is 1. The molecule has 1 aromatic rings. The molecule has 1 aromatic carbocycles. The number of nitrogens with zero attached hydrogens (tertiary/aromatic N) is 3. The number of urea groups is 1. The number of carbonyl (C=O) groups is 2. The number of nitrogens with one attached hydrogen (secondary N) is 1. The maximum Gasteiger partial charge on any atom is 0.322 e. The molecule has 1 aliphatic carbocycles. The minimum Gasteiger partial charge on any atom is -0.339 e. The van der Waals surface area contributed by atoms with Crippen LogP contribution in [0.1, 0.15) is 45.4 Å². The zero-order valence-corrected chi connectivity index (χ0v) is 18.7. The quantitative estimate of drug-likeness (QED) is 0.689. The van der Waals surface area contributed by atoms with Crippen LogP contribution in [-0.2, 0) is 4.79 Å². The summed E-state index contributed by atoms with van der Waals surface area (Å²) in [5.41, 5.74) is 1.37. The molecule has 1 atom stereocenters. The molecule has 0 aromatic heterocycles. The molecular weight excluding hydrogens is 400 g/mol. The van der Waals surface area contributed by atoms with Gasteiger partial charge in [-0.15, -0.1) is 0 Å². The largest absolute Gasteiger partial charge is 0.339 e. The molecule has 4 rings (SSSR count). The van der Waals surface area contributed by atoms with Gasteiger partial charge in [0.25, 0.3) is 0 Å². The van der Waals surface area contributed by atoms with Crippen LogP contribution in [0.2, 0.25) is 5.02 Å². The number of piperidine rings is 1. The third-order valence-electron chi connectivity index (χ3n) is 7.11. The maximum absolute atomic E-state index is 12.8. The van der Waals surface area contributed by atoms with E-state index in [9.17, 15) is 9.59 Å². The van der Waals surface area contributed by atoms with Crippen molar-refractivity contribution in [3.05, 3.63) is 29.3 Å². The molecule has 1 spiro atoms. The van der Waals surface area contributed by atoms with Crippen molar-refractivity contribution < 1.29 is 9.59 Å². The number of likely N-dealkylation sites (tertiary alicyclic amines) is 1. The molecule has 2 heterocycles. The Bertz CT molecular complexity index is 772. The Kier molecular flexibility index (Phi) is 6.54. The van der Waals surface area contributed by atoms with E-state index in [-0.39, 0.29) is 11.9 Å². The van der Waals surface area contributed by atoms with Gasteiger partial charge in [-0.2, -0.15) is 0 Å². The lowest BCUT2D eigenvalue weighted by atomic mass is 9.93. The number of unbranched alkanes of at least 4 members (excludes halogenated alkanes) is 1. The van der Waals surface area contributed by atoms with Gasteiger partial charge in [-0.25, -0.2) is 4.79 Å². The summed E-state index contributed by atoms with van der Waals surface area (Å²) in [4.78, 5) is 31.5. The minimum atomic E-state index is -0.449. The highest BCUT2D eigenvalue weighted by molar-refractivity contribution is 6.30. The van der Waals surface area contributed by atoms with Gasteiger partial charge in [0, 0.05) is 30.3 Å². The number of benzene rings is 1. The highest BCUT2D eigenvalue weighted by atomic mass is 35.5. The van der Waals surface area contributed by atoms with Crippen LogP contribution in [0.4, 0.5) is 10.5 Å². The van der Waals surface area contributed by atoms with Crippen molar-refractivity contribution in [3.8, 4) is 0 Å². The second-order valence-corrected chi connectivity index (χ2v) is 9.62. The van der Waals surface area contributed by atoms with Crippen LogP contribution in [0.25, 0.3) is 0 Å². The first-order chi connectivity index (χ1) is 14.5. The van der Waals surface area contributed by atoms with E-state index in [1.54, 1.807) is 29.2 Å². The zero-order chi connectivity index (χ0) is 21.1. The van der Waals surface area contributed by atoms with Crippen LogP contribution in [0, 0.1) is 5.41 Å². The lowest BCUT2D eigenvalue weighted by Crippen LogP contribution is -2.58. The Morgan fingerprint density at radius 3 is 2.53 bits per heavy atom. The van der Waals surface area contributed by atoms with Gasteiger partial charge in [-0.1, -0.05) is 17.7 Å². The summed E-state index contributed by atoms with van der Waals surface area (Å²) in [6, 6.07) is 6.34. The zero-order valence-electron chi connectivity index (χ0n) is 17.9. The Hall–Kier alpha value is -1.79. The van der Waals surface area contributed by atoms with E-state index in [2.05, 4.69) is 10.2 Å². The SMILES string of the molecule is CC1C(=O)N(CCCCN2CCC3(CC2)CC3)CCN1C(=O)Nc1cccc(Cl)c1. The third kappa shape index (κ3) is 5.09. The first kappa shape index (κ1) is 21.4. The molecule has 0 bridgehead atoms. The van der Waals surface area contributed by atoms with Crippen molar-refractivity contribution in [1.29, 1.82) is 0 Å². The number of hydrogen-bond donors (Lipinski definition) is 1. The van der Waals surface area contributed by atoms with E-state index in [1.165, 1.54) is 38.8 Å². The molecule has 164 valence electrons. The second-order valence-electron chi connectivity index (χ2n) is 9.18. The fourth-order valence-electron chi connectivity index (χ4n) is 4.76. The van der Waals surface area contributed by atoms with E-state index < -0.39 is 6.04 Å². The average Bonchev–Trinajstić information content (AvgIpc) is 3.48. The molecule has 0 radical (unpaired) electrons. The Balaban J connectivity index is 1.18. The van der Waals surface area contributed by atoms with E-state index in [0.717, 1.165) is 31.3 Å². The Morgan fingerprint density at radius 1 is 1.10 bits per heavy atom. The number of piperazine rings is 1. The van der Waals surface area contributed by atoms with E-state index >= 15 is 0 Å². The summed E-state index contributed by atoms with van der Waals surface area (Å²) in [6.07, 6.45) is 7.80. The van der Waals surface area contributed by atoms with E-state index in [1.807, 2.05) is 11.8 Å². The van der Waals surface area contributed by atoms with Gasteiger partial charge < -0.3 is 20.0 Å². The first-order valence-electron chi connectivity index (χ1n) is 11.3. The van der Waals surface area contributed by atoms with Crippen molar-refractivity contribution in [1.82, 2.24) is 14.7 Å². The Morgan fingerprint density at radius 2 is 1.83 bits per heavy atom. The minimum absolute atomic E-state index is 0.0381. The number of carbonyl (C=O) groups excluding carboxylic acids is 2. The third-order valence-corrected chi connectivity index (χ3v) is 7.35. The molecule has 1 N–H and O–H groups in total. The van der Waals surface area contributed by atoms with Gasteiger partial charge in [-0.3, -0.25) is 4.79 Å². The molecule has 1 saturated carbocycles. The number of anilines is 1. The summed E-state index contributed by atoms with van der Waals surface area (Å²) in [6.45, 7) is 7.37. The van der Waals surface area contributed by atoms with Crippen LogP contribution < -0.4 is 5.32 Å². The first-order valence-corrected chi connectivity index (χ1v) is 11.7. The molecule has 1 unspecified atom stereocenters. The standard InChI is InChI=1S/C23H33ClN4O2/c1-18-21(29)27(12-3-2-11-26-13-9-23(7-8-23)10-14-26)15-16-28(18)22(30)25-20-6-4-5-19(24)17-20/h4-6,17-18H,2-3,7-16H2,1H3,(H,25,30). The smallest absolute Gasteiger partial charge is 0.322 e. The molecule has 3 amide bonds. The van der Waals surface area contributed by atoms with Crippen molar-refractivity contribution >= 4 is 29.2 Å². The van der Waals surface area contributed by atoms with Crippen molar-refractivity contribution in [3.63, 3.8) is 0 Å². The highest BCUT2D eigenvalue weighted by Gasteiger charge is 2.44. The van der Waals surface area contributed by atoms with Gasteiger partial charge in [-0.05, 0) is 88.7 Å². The van der Waals surface area contributed by atoms with Gasteiger partial charge in [0.2, 0.25) is 5.91 Å². The average molecular weight is 433 g/mol. The number of rotatable bonds is 6. The summed E-state index contributed by atoms with van der Waals surface area (Å²) < 4.78 is 0. The highest BCUT2D eigenvalue weighted by Crippen LogP contribution is 2.53. The van der Waals surface area contributed by atoms with Gasteiger partial charge in [0.1, 0.15) is 6.04 Å². The summed E-state index contributed by atoms with van der Waals surface area (Å²) in [5.74, 6) is 0.0381. The number of amides is 3. The maximum atomic E-state index is 12.8. The van der Waals surface area contributed by atoms with Gasteiger partial charge >= 0.3 is 6.03 Å². The summed E-state index contributed by atoms with van der Waals surface area (Å²) in [7, 11) is 0. The van der Waals surface area contributed by atoms with Crippen LogP contribution in [0.15, 0.2) is 24.3 Å². The molecule has 3 aliphatic rings. The van der Waals surface area contributed by atoms with E-state index in [4.69, 9.17) is 11.6 Å². The van der Waals surface area contributed by atoms with E-state index in [0.29, 0.717) is 23.8 Å². The van der Waals surface area contributed by atoms with Crippen LogP contribution in [0.5, 0.6) is 0 Å². The topological polar surface area (TPSA) is 55.9 Å². The van der Waals surface area contributed by atoms with Gasteiger partial charge in [0.05, 0.1) is 0 Å².